The summed E-state index contributed by atoms with van der Waals surface area (Å²) in [5, 5.41) is 0. The Labute approximate surface area is 127 Å². The maximum absolute atomic E-state index is 5.74. The van der Waals surface area contributed by atoms with Gasteiger partial charge in [0.15, 0.2) is 0 Å². The molecule has 0 unspecified atom stereocenters. The monoisotopic (exact) mass is 284 g/mol. The van der Waals surface area contributed by atoms with Crippen LogP contribution in [0.2, 0.25) is 0 Å². The highest BCUT2D eigenvalue weighted by Crippen LogP contribution is 2.22. The lowest BCUT2D eigenvalue weighted by atomic mass is 10.0. The maximum Gasteiger partial charge on any atom is 0.119 e. The van der Waals surface area contributed by atoms with Crippen LogP contribution in [-0.4, -0.2) is 32.1 Å². The van der Waals surface area contributed by atoms with E-state index in [4.69, 9.17) is 10.5 Å². The predicted molar refractivity (Wildman–Crippen MR) is 88.4 cm³/mol. The molecule has 2 N–H and O–H groups in total. The van der Waals surface area contributed by atoms with Gasteiger partial charge in [-0.25, -0.2) is 0 Å². The van der Waals surface area contributed by atoms with Crippen LogP contribution in [0, 0.1) is 0 Å². The van der Waals surface area contributed by atoms with E-state index in [0.717, 1.165) is 30.9 Å². The van der Waals surface area contributed by atoms with Crippen LogP contribution >= 0.6 is 0 Å². The van der Waals surface area contributed by atoms with E-state index in [-0.39, 0.29) is 0 Å². The minimum Gasteiger partial charge on any atom is -0.494 e. The quantitative estimate of drug-likeness (QED) is 0.794. The molecule has 0 saturated heterocycles. The van der Waals surface area contributed by atoms with Gasteiger partial charge in [-0.15, -0.1) is 0 Å². The van der Waals surface area contributed by atoms with Crippen molar-refractivity contribution in [2.75, 3.05) is 27.2 Å². The average Bonchev–Trinajstić information content (AvgIpc) is 2.52. The SMILES string of the molecule is CN(C)CCCOc1ccc(-c2ccc(CN)cc2)cc1. The zero-order valence-electron chi connectivity index (χ0n) is 12.9. The first-order valence-electron chi connectivity index (χ1n) is 7.36. The van der Waals surface area contributed by atoms with Crippen LogP contribution in [0.5, 0.6) is 5.75 Å². The van der Waals surface area contributed by atoms with E-state index in [0.29, 0.717) is 6.54 Å². The molecule has 0 fully saturated rings. The summed E-state index contributed by atoms with van der Waals surface area (Å²) in [5.41, 5.74) is 9.16. The second-order valence-corrected chi connectivity index (χ2v) is 5.43. The minimum absolute atomic E-state index is 0.583. The molecule has 2 rings (SSSR count). The van der Waals surface area contributed by atoms with Crippen molar-refractivity contribution in [3.05, 3.63) is 54.1 Å². The molecule has 3 nitrogen and oxygen atoms in total. The Balaban J connectivity index is 1.91. The Kier molecular flexibility index (Phi) is 5.78. The lowest BCUT2D eigenvalue weighted by Crippen LogP contribution is -2.15. The molecule has 0 atom stereocenters. The number of nitrogens with two attached hydrogens (primary N) is 1. The third-order valence-electron chi connectivity index (χ3n) is 3.40. The summed E-state index contributed by atoms with van der Waals surface area (Å²) in [4.78, 5) is 2.16. The molecule has 0 aliphatic rings. The molecule has 21 heavy (non-hydrogen) atoms. The van der Waals surface area contributed by atoms with Gasteiger partial charge in [0, 0.05) is 13.1 Å². The fourth-order valence-electron chi connectivity index (χ4n) is 2.15. The average molecular weight is 284 g/mol. The number of hydrogen-bond donors (Lipinski definition) is 1. The Morgan fingerprint density at radius 3 is 2.00 bits per heavy atom. The van der Waals surface area contributed by atoms with Crippen LogP contribution in [0.25, 0.3) is 11.1 Å². The van der Waals surface area contributed by atoms with Crippen LogP contribution < -0.4 is 10.5 Å². The fourth-order valence-corrected chi connectivity index (χ4v) is 2.15. The van der Waals surface area contributed by atoms with Gasteiger partial charge in [-0.1, -0.05) is 36.4 Å². The first-order valence-corrected chi connectivity index (χ1v) is 7.36. The van der Waals surface area contributed by atoms with Crippen LogP contribution in [0.15, 0.2) is 48.5 Å². The molecule has 0 amide bonds. The third kappa shape index (κ3) is 4.88. The summed E-state index contributed by atoms with van der Waals surface area (Å²) in [5.74, 6) is 0.927. The van der Waals surface area contributed by atoms with Crippen LogP contribution in [0.4, 0.5) is 0 Å². The molecule has 0 aromatic heterocycles. The van der Waals surface area contributed by atoms with Crippen molar-refractivity contribution in [2.24, 2.45) is 5.73 Å². The smallest absolute Gasteiger partial charge is 0.119 e. The standard InChI is InChI=1S/C18H24N2O/c1-20(2)12-3-13-21-18-10-8-17(9-11-18)16-6-4-15(14-19)5-7-16/h4-11H,3,12-14,19H2,1-2H3. The largest absolute Gasteiger partial charge is 0.494 e. The van der Waals surface area contributed by atoms with Gasteiger partial charge in [-0.2, -0.15) is 0 Å². The van der Waals surface area contributed by atoms with Gasteiger partial charge in [0.25, 0.3) is 0 Å². The zero-order chi connectivity index (χ0) is 15.1. The van der Waals surface area contributed by atoms with E-state index in [9.17, 15) is 0 Å². The minimum atomic E-state index is 0.583. The van der Waals surface area contributed by atoms with Gasteiger partial charge in [-0.3, -0.25) is 0 Å². The van der Waals surface area contributed by atoms with E-state index >= 15 is 0 Å². The molecule has 0 aliphatic carbocycles. The molecule has 0 radical (unpaired) electrons. The number of hydrogen-bond acceptors (Lipinski definition) is 3. The Bertz CT molecular complexity index is 532. The summed E-state index contributed by atoms with van der Waals surface area (Å²) < 4.78 is 5.74. The predicted octanol–water partition coefficient (Wildman–Crippen LogP) is 3.14. The third-order valence-corrected chi connectivity index (χ3v) is 3.40. The normalized spacial score (nSPS) is 10.9. The number of rotatable bonds is 7. The summed E-state index contributed by atoms with van der Waals surface area (Å²) in [6.45, 7) is 2.38. The molecule has 0 heterocycles. The van der Waals surface area contributed by atoms with Crippen molar-refractivity contribution in [1.29, 1.82) is 0 Å². The highest BCUT2D eigenvalue weighted by Gasteiger charge is 1.99. The first kappa shape index (κ1) is 15.5. The molecule has 0 bridgehead atoms. The second-order valence-electron chi connectivity index (χ2n) is 5.43. The van der Waals surface area contributed by atoms with Crippen molar-refractivity contribution in [3.63, 3.8) is 0 Å². The summed E-state index contributed by atoms with van der Waals surface area (Å²) in [7, 11) is 4.15. The molecule has 3 heteroatoms. The molecule has 112 valence electrons. The number of nitrogens with zero attached hydrogens (tertiary/aromatic N) is 1. The van der Waals surface area contributed by atoms with Gasteiger partial charge in [0.1, 0.15) is 5.75 Å². The Hall–Kier alpha value is -1.84. The van der Waals surface area contributed by atoms with Gasteiger partial charge in [0.2, 0.25) is 0 Å². The van der Waals surface area contributed by atoms with Crippen molar-refractivity contribution in [3.8, 4) is 16.9 Å². The van der Waals surface area contributed by atoms with E-state index in [1.807, 2.05) is 12.1 Å². The van der Waals surface area contributed by atoms with Gasteiger partial charge in [0.05, 0.1) is 6.61 Å². The number of ether oxygens (including phenoxy) is 1. The molecule has 0 saturated carbocycles. The van der Waals surface area contributed by atoms with Gasteiger partial charge < -0.3 is 15.4 Å². The van der Waals surface area contributed by atoms with Crippen LogP contribution in [0.3, 0.4) is 0 Å². The molecule has 2 aromatic carbocycles. The molecular formula is C18H24N2O. The molecule has 0 spiro atoms. The summed E-state index contributed by atoms with van der Waals surface area (Å²) >= 11 is 0. The highest BCUT2D eigenvalue weighted by atomic mass is 16.5. The van der Waals surface area contributed by atoms with Crippen molar-refractivity contribution >= 4 is 0 Å². The van der Waals surface area contributed by atoms with Crippen molar-refractivity contribution in [2.45, 2.75) is 13.0 Å². The molecule has 0 aliphatic heterocycles. The lowest BCUT2D eigenvalue weighted by Gasteiger charge is -2.11. The Morgan fingerprint density at radius 2 is 1.48 bits per heavy atom. The molecule has 2 aromatic rings. The fraction of sp³-hybridized carbons (Fsp3) is 0.333. The van der Waals surface area contributed by atoms with E-state index in [2.05, 4.69) is 55.4 Å². The zero-order valence-corrected chi connectivity index (χ0v) is 12.9. The first-order chi connectivity index (χ1) is 10.2. The number of benzene rings is 2. The van der Waals surface area contributed by atoms with Crippen molar-refractivity contribution < 1.29 is 4.74 Å². The van der Waals surface area contributed by atoms with E-state index in [1.165, 1.54) is 11.1 Å². The lowest BCUT2D eigenvalue weighted by molar-refractivity contribution is 0.281. The van der Waals surface area contributed by atoms with Crippen LogP contribution in [-0.2, 0) is 6.54 Å². The topological polar surface area (TPSA) is 38.5 Å². The van der Waals surface area contributed by atoms with Gasteiger partial charge in [-0.05, 0) is 49.3 Å². The second kappa shape index (κ2) is 7.81. The molecular weight excluding hydrogens is 260 g/mol. The van der Waals surface area contributed by atoms with Crippen molar-refractivity contribution in [1.82, 2.24) is 4.90 Å². The van der Waals surface area contributed by atoms with E-state index in [1.54, 1.807) is 0 Å². The van der Waals surface area contributed by atoms with E-state index < -0.39 is 0 Å². The summed E-state index contributed by atoms with van der Waals surface area (Å²) in [6.07, 6.45) is 1.04. The highest BCUT2D eigenvalue weighted by molar-refractivity contribution is 5.64. The Morgan fingerprint density at radius 1 is 0.905 bits per heavy atom. The van der Waals surface area contributed by atoms with Gasteiger partial charge >= 0.3 is 0 Å². The maximum atomic E-state index is 5.74. The van der Waals surface area contributed by atoms with Crippen LogP contribution in [0.1, 0.15) is 12.0 Å². The summed E-state index contributed by atoms with van der Waals surface area (Å²) in [6, 6.07) is 16.6.